The average molecular weight is 444 g/mol. The summed E-state index contributed by atoms with van der Waals surface area (Å²) in [7, 11) is -3.27. The number of aryl methyl sites for hydroxylation is 3. The maximum atomic E-state index is 12.1. The smallest absolute Gasteiger partial charge is 0.232 e. The normalized spacial score (nSPS) is 18.7. The van der Waals surface area contributed by atoms with E-state index in [4.69, 9.17) is 0 Å². The van der Waals surface area contributed by atoms with E-state index in [1.165, 1.54) is 27.4 Å². The Kier molecular flexibility index (Phi) is 6.28. The second-order valence-corrected chi connectivity index (χ2v) is 10.8. The molecular weight excluding hydrogens is 410 g/mol. The van der Waals surface area contributed by atoms with Crippen molar-refractivity contribution in [2.75, 3.05) is 54.7 Å². The van der Waals surface area contributed by atoms with Crippen LogP contribution in [0.25, 0.3) is 0 Å². The van der Waals surface area contributed by atoms with Crippen LogP contribution in [0.1, 0.15) is 34.8 Å². The number of β-amino-alcohol motifs (C(OH)–C–C–N with tert-alkyl or cyclic N) is 1. The van der Waals surface area contributed by atoms with Crippen LogP contribution in [-0.2, 0) is 16.4 Å². The first-order chi connectivity index (χ1) is 14.7. The second-order valence-electron chi connectivity index (χ2n) is 8.92. The summed E-state index contributed by atoms with van der Waals surface area (Å²) in [5.41, 5.74) is 6.52. The third kappa shape index (κ3) is 4.89. The van der Waals surface area contributed by atoms with Gasteiger partial charge in [0, 0.05) is 45.0 Å². The highest BCUT2D eigenvalue weighted by Gasteiger charge is 2.26. The number of aliphatic hydroxyl groups excluding tert-OH is 1. The van der Waals surface area contributed by atoms with Crippen LogP contribution in [0.2, 0.25) is 0 Å². The van der Waals surface area contributed by atoms with Crippen LogP contribution in [0.5, 0.6) is 0 Å². The number of hydrogen-bond donors (Lipinski definition) is 1. The summed E-state index contributed by atoms with van der Waals surface area (Å²) < 4.78 is 25.6. The van der Waals surface area contributed by atoms with E-state index in [0.29, 0.717) is 13.1 Å². The molecule has 0 bridgehead atoms. The van der Waals surface area contributed by atoms with Gasteiger partial charge in [-0.1, -0.05) is 24.3 Å². The maximum absolute atomic E-state index is 12.1. The molecule has 1 fully saturated rings. The van der Waals surface area contributed by atoms with Crippen molar-refractivity contribution in [1.29, 1.82) is 0 Å². The fourth-order valence-electron chi connectivity index (χ4n) is 4.72. The number of hydrogen-bond acceptors (Lipinski definition) is 5. The standard InChI is InChI=1S/C24H33N3O3S/c1-18-6-7-19(2)23(15-18)26-13-11-25(12-14-26)17-24(28)21-8-9-22-20(16-21)5-4-10-27(22)31(3,29)30/h6-9,15-16,24,28H,4-5,10-14,17H2,1-3H3/t24-/m0/s1. The molecule has 1 N–H and O–H groups in total. The summed E-state index contributed by atoms with van der Waals surface area (Å²) >= 11 is 0. The third-order valence-electron chi connectivity index (χ3n) is 6.47. The van der Waals surface area contributed by atoms with Gasteiger partial charge in [0.25, 0.3) is 0 Å². The number of nitrogens with zero attached hydrogens (tertiary/aromatic N) is 3. The Morgan fingerprint density at radius 3 is 2.42 bits per heavy atom. The van der Waals surface area contributed by atoms with Gasteiger partial charge in [-0.3, -0.25) is 9.21 Å². The molecule has 0 amide bonds. The average Bonchev–Trinajstić information content (AvgIpc) is 2.74. The molecule has 0 unspecified atom stereocenters. The van der Waals surface area contributed by atoms with Gasteiger partial charge in [-0.25, -0.2) is 8.42 Å². The fourth-order valence-corrected chi connectivity index (χ4v) is 5.71. The molecule has 1 atom stereocenters. The van der Waals surface area contributed by atoms with E-state index < -0.39 is 16.1 Å². The van der Waals surface area contributed by atoms with Gasteiger partial charge in [0.1, 0.15) is 0 Å². The summed E-state index contributed by atoms with van der Waals surface area (Å²) in [6, 6.07) is 12.3. The van der Waals surface area contributed by atoms with Crippen LogP contribution in [0.3, 0.4) is 0 Å². The van der Waals surface area contributed by atoms with Gasteiger partial charge < -0.3 is 10.0 Å². The quantitative estimate of drug-likeness (QED) is 0.770. The molecule has 0 radical (unpaired) electrons. The Hall–Kier alpha value is -2.09. The van der Waals surface area contributed by atoms with Crippen LogP contribution in [0.15, 0.2) is 36.4 Å². The van der Waals surface area contributed by atoms with E-state index in [1.54, 1.807) is 0 Å². The Morgan fingerprint density at radius 1 is 0.968 bits per heavy atom. The lowest BCUT2D eigenvalue weighted by molar-refractivity contribution is 0.109. The highest BCUT2D eigenvalue weighted by atomic mass is 32.2. The maximum Gasteiger partial charge on any atom is 0.232 e. The number of benzene rings is 2. The first kappa shape index (κ1) is 22.1. The number of rotatable bonds is 5. The molecule has 0 saturated carbocycles. The fraction of sp³-hybridized carbons (Fsp3) is 0.500. The molecule has 0 aromatic heterocycles. The van der Waals surface area contributed by atoms with Gasteiger partial charge in [-0.15, -0.1) is 0 Å². The summed E-state index contributed by atoms with van der Waals surface area (Å²) in [6.07, 6.45) is 2.32. The molecule has 1 saturated heterocycles. The molecule has 0 aliphatic carbocycles. The summed E-state index contributed by atoms with van der Waals surface area (Å²) in [6.45, 7) is 9.13. The lowest BCUT2D eigenvalue weighted by Gasteiger charge is -2.38. The van der Waals surface area contributed by atoms with Crippen molar-refractivity contribution in [3.63, 3.8) is 0 Å². The van der Waals surface area contributed by atoms with Gasteiger partial charge in [-0.05, 0) is 61.1 Å². The molecule has 168 valence electrons. The highest BCUT2D eigenvalue weighted by molar-refractivity contribution is 7.92. The van der Waals surface area contributed by atoms with Gasteiger partial charge >= 0.3 is 0 Å². The number of sulfonamides is 1. The molecule has 2 heterocycles. The van der Waals surface area contributed by atoms with Gasteiger partial charge in [-0.2, -0.15) is 0 Å². The van der Waals surface area contributed by atoms with E-state index in [2.05, 4.69) is 41.8 Å². The topological polar surface area (TPSA) is 64.1 Å². The zero-order chi connectivity index (χ0) is 22.2. The van der Waals surface area contributed by atoms with Crippen LogP contribution < -0.4 is 9.21 Å². The summed E-state index contributed by atoms with van der Waals surface area (Å²) in [5.74, 6) is 0. The summed E-state index contributed by atoms with van der Waals surface area (Å²) in [5, 5.41) is 10.9. The Labute approximate surface area is 186 Å². The molecule has 4 rings (SSSR count). The van der Waals surface area contributed by atoms with Gasteiger partial charge in [0.05, 0.1) is 18.0 Å². The number of aliphatic hydroxyl groups is 1. The van der Waals surface area contributed by atoms with Crippen molar-refractivity contribution in [3.8, 4) is 0 Å². The highest BCUT2D eigenvalue weighted by Crippen LogP contribution is 2.32. The molecule has 7 heteroatoms. The number of piperazine rings is 1. The molecule has 2 aliphatic rings. The molecule has 0 spiro atoms. The predicted molar refractivity (Wildman–Crippen MR) is 126 cm³/mol. The first-order valence-electron chi connectivity index (χ1n) is 11.1. The van der Waals surface area contributed by atoms with Crippen molar-refractivity contribution in [2.24, 2.45) is 0 Å². The minimum atomic E-state index is -3.27. The zero-order valence-electron chi connectivity index (χ0n) is 18.7. The minimum absolute atomic E-state index is 0.526. The molecule has 31 heavy (non-hydrogen) atoms. The SMILES string of the molecule is Cc1ccc(C)c(N2CCN(C[C@H](O)c3ccc4c(c3)CCCN4S(C)(=O)=O)CC2)c1. The van der Waals surface area contributed by atoms with Gasteiger partial charge in [0.2, 0.25) is 10.0 Å². The Bertz CT molecular complexity index is 1050. The minimum Gasteiger partial charge on any atom is -0.387 e. The van der Waals surface area contributed by atoms with E-state index in [-0.39, 0.29) is 0 Å². The lowest BCUT2D eigenvalue weighted by Crippen LogP contribution is -2.47. The largest absolute Gasteiger partial charge is 0.387 e. The zero-order valence-corrected chi connectivity index (χ0v) is 19.5. The van der Waals surface area contributed by atoms with Crippen molar-refractivity contribution >= 4 is 21.4 Å². The Morgan fingerprint density at radius 2 is 1.71 bits per heavy atom. The van der Waals surface area contributed by atoms with Crippen LogP contribution >= 0.6 is 0 Å². The Balaban J connectivity index is 1.39. The van der Waals surface area contributed by atoms with Crippen molar-refractivity contribution < 1.29 is 13.5 Å². The molecule has 2 aromatic carbocycles. The van der Waals surface area contributed by atoms with E-state index in [9.17, 15) is 13.5 Å². The first-order valence-corrected chi connectivity index (χ1v) is 12.9. The van der Waals surface area contributed by atoms with Crippen molar-refractivity contribution in [3.05, 3.63) is 58.7 Å². The predicted octanol–water partition coefficient (Wildman–Crippen LogP) is 2.87. The molecule has 2 aliphatic heterocycles. The van der Waals surface area contributed by atoms with Gasteiger partial charge in [0.15, 0.2) is 0 Å². The number of fused-ring (bicyclic) bond motifs is 1. The third-order valence-corrected chi connectivity index (χ3v) is 7.65. The monoisotopic (exact) mass is 443 g/mol. The van der Waals surface area contributed by atoms with Crippen LogP contribution in [-0.4, -0.2) is 63.9 Å². The van der Waals surface area contributed by atoms with Crippen molar-refractivity contribution in [1.82, 2.24) is 4.90 Å². The summed E-state index contributed by atoms with van der Waals surface area (Å²) in [4.78, 5) is 4.75. The number of anilines is 2. The van der Waals surface area contributed by atoms with E-state index >= 15 is 0 Å². The van der Waals surface area contributed by atoms with Crippen molar-refractivity contribution in [2.45, 2.75) is 32.8 Å². The van der Waals surface area contributed by atoms with Crippen LogP contribution in [0, 0.1) is 13.8 Å². The van der Waals surface area contributed by atoms with E-state index in [1.807, 2.05) is 18.2 Å². The van der Waals surface area contributed by atoms with E-state index in [0.717, 1.165) is 55.8 Å². The molecular formula is C24H33N3O3S. The van der Waals surface area contributed by atoms with Crippen LogP contribution in [0.4, 0.5) is 11.4 Å². The molecule has 6 nitrogen and oxygen atoms in total. The lowest BCUT2D eigenvalue weighted by atomic mass is 9.98. The molecule has 2 aromatic rings. The second kappa shape index (κ2) is 8.81.